The molecule has 0 radical (unpaired) electrons. The van der Waals surface area contributed by atoms with E-state index in [4.69, 9.17) is 4.74 Å². The molecule has 0 spiro atoms. The molecule has 2 unspecified atom stereocenters. The van der Waals surface area contributed by atoms with Crippen molar-refractivity contribution in [3.63, 3.8) is 0 Å². The molecule has 1 saturated heterocycles. The van der Waals surface area contributed by atoms with Crippen molar-refractivity contribution in [3.05, 3.63) is 35.4 Å². The summed E-state index contributed by atoms with van der Waals surface area (Å²) in [6.45, 7) is 13.5. The Kier molecular flexibility index (Phi) is 8.39. The molecule has 146 valence electrons. The van der Waals surface area contributed by atoms with Gasteiger partial charge < -0.3 is 15.4 Å². The normalized spacial score (nSPS) is 21.8. The minimum Gasteiger partial charge on any atom is -0.373 e. The van der Waals surface area contributed by atoms with Crippen LogP contribution in [0.1, 0.15) is 45.2 Å². The van der Waals surface area contributed by atoms with Gasteiger partial charge in [-0.3, -0.25) is 9.89 Å². The second kappa shape index (κ2) is 10.5. The van der Waals surface area contributed by atoms with Crippen molar-refractivity contribution < 1.29 is 4.74 Å². The van der Waals surface area contributed by atoms with Crippen LogP contribution in [0.3, 0.4) is 0 Å². The van der Waals surface area contributed by atoms with Crippen LogP contribution in [0.2, 0.25) is 0 Å². The highest BCUT2D eigenvalue weighted by Crippen LogP contribution is 2.14. The third kappa shape index (κ3) is 7.34. The summed E-state index contributed by atoms with van der Waals surface area (Å²) in [5.41, 5.74) is 2.62. The summed E-state index contributed by atoms with van der Waals surface area (Å²) in [4.78, 5) is 6.76. The molecule has 0 amide bonds. The Morgan fingerprint density at radius 3 is 2.31 bits per heavy atom. The van der Waals surface area contributed by atoms with Crippen LogP contribution in [0.25, 0.3) is 0 Å². The summed E-state index contributed by atoms with van der Waals surface area (Å²) in [6.07, 6.45) is 1.78. The molecule has 1 fully saturated rings. The van der Waals surface area contributed by atoms with Crippen LogP contribution < -0.4 is 10.6 Å². The third-order valence-corrected chi connectivity index (χ3v) is 4.62. The number of aliphatic imine (C=N–C) groups is 1. The van der Waals surface area contributed by atoms with Crippen LogP contribution in [-0.4, -0.2) is 49.7 Å². The van der Waals surface area contributed by atoms with Gasteiger partial charge in [0.05, 0.1) is 12.2 Å². The van der Waals surface area contributed by atoms with Crippen LogP contribution in [0, 0.1) is 5.92 Å². The van der Waals surface area contributed by atoms with E-state index < -0.39 is 0 Å². The Balaban J connectivity index is 1.78. The van der Waals surface area contributed by atoms with Gasteiger partial charge >= 0.3 is 0 Å². The van der Waals surface area contributed by atoms with Crippen molar-refractivity contribution in [2.45, 2.75) is 59.4 Å². The molecule has 1 aromatic rings. The maximum atomic E-state index is 5.81. The van der Waals surface area contributed by atoms with E-state index in [1.165, 1.54) is 11.1 Å². The fourth-order valence-corrected chi connectivity index (χ4v) is 3.32. The first-order valence-electron chi connectivity index (χ1n) is 9.86. The molecular formula is C21H36N4O. The molecule has 0 saturated carbocycles. The zero-order valence-electron chi connectivity index (χ0n) is 17.1. The number of morpholine rings is 1. The second-order valence-corrected chi connectivity index (χ2v) is 7.80. The van der Waals surface area contributed by atoms with Crippen LogP contribution in [0.5, 0.6) is 0 Å². The largest absolute Gasteiger partial charge is 0.373 e. The second-order valence-electron chi connectivity index (χ2n) is 7.80. The Labute approximate surface area is 159 Å². The highest BCUT2D eigenvalue weighted by atomic mass is 16.5. The predicted octanol–water partition coefficient (Wildman–Crippen LogP) is 3.01. The molecule has 0 aliphatic carbocycles. The van der Waals surface area contributed by atoms with E-state index in [9.17, 15) is 0 Å². The smallest absolute Gasteiger partial charge is 0.191 e. The van der Waals surface area contributed by atoms with E-state index in [-0.39, 0.29) is 0 Å². The lowest BCUT2D eigenvalue weighted by molar-refractivity contribution is -0.0704. The van der Waals surface area contributed by atoms with Gasteiger partial charge in [0, 0.05) is 39.8 Å². The predicted molar refractivity (Wildman–Crippen MR) is 109 cm³/mol. The molecule has 2 N–H and O–H groups in total. The van der Waals surface area contributed by atoms with Gasteiger partial charge in [-0.2, -0.15) is 0 Å². The van der Waals surface area contributed by atoms with Crippen LogP contribution in [0.4, 0.5) is 0 Å². The van der Waals surface area contributed by atoms with Gasteiger partial charge in [0.15, 0.2) is 5.96 Å². The fourth-order valence-electron chi connectivity index (χ4n) is 3.32. The topological polar surface area (TPSA) is 48.9 Å². The number of benzene rings is 1. The Morgan fingerprint density at radius 1 is 1.12 bits per heavy atom. The number of nitrogens with one attached hydrogen (secondary N) is 2. The summed E-state index contributed by atoms with van der Waals surface area (Å²) in [6, 6.07) is 8.88. The quantitative estimate of drug-likeness (QED) is 0.580. The van der Waals surface area contributed by atoms with E-state index in [1.807, 2.05) is 7.05 Å². The Morgan fingerprint density at radius 2 is 1.73 bits per heavy atom. The summed E-state index contributed by atoms with van der Waals surface area (Å²) < 4.78 is 5.81. The maximum absolute atomic E-state index is 5.81. The maximum Gasteiger partial charge on any atom is 0.191 e. The SMILES string of the molecule is CN=C(NCCC(C)C)NCc1ccc(CN2CC(C)OC(C)C2)cc1. The van der Waals surface area contributed by atoms with Crippen molar-refractivity contribution in [2.75, 3.05) is 26.7 Å². The van der Waals surface area contributed by atoms with Gasteiger partial charge in [0.2, 0.25) is 0 Å². The number of hydrogen-bond donors (Lipinski definition) is 2. The van der Waals surface area contributed by atoms with E-state index >= 15 is 0 Å². The molecule has 1 aliphatic heterocycles. The first-order valence-corrected chi connectivity index (χ1v) is 9.86. The highest BCUT2D eigenvalue weighted by Gasteiger charge is 2.21. The molecule has 1 heterocycles. The zero-order chi connectivity index (χ0) is 18.9. The molecule has 2 rings (SSSR count). The summed E-state index contributed by atoms with van der Waals surface area (Å²) in [5.74, 6) is 1.57. The lowest BCUT2D eigenvalue weighted by Gasteiger charge is -2.35. The van der Waals surface area contributed by atoms with Gasteiger partial charge in [0.25, 0.3) is 0 Å². The van der Waals surface area contributed by atoms with E-state index in [0.717, 1.165) is 45.1 Å². The van der Waals surface area contributed by atoms with Gasteiger partial charge in [0.1, 0.15) is 0 Å². The Bertz CT molecular complexity index is 546. The first kappa shape index (κ1) is 20.7. The highest BCUT2D eigenvalue weighted by molar-refractivity contribution is 5.79. The number of hydrogen-bond acceptors (Lipinski definition) is 3. The summed E-state index contributed by atoms with van der Waals surface area (Å²) >= 11 is 0. The molecule has 1 aliphatic rings. The minimum absolute atomic E-state index is 0.317. The molecule has 5 heteroatoms. The van der Waals surface area contributed by atoms with Crippen molar-refractivity contribution >= 4 is 5.96 Å². The monoisotopic (exact) mass is 360 g/mol. The van der Waals surface area contributed by atoms with Crippen molar-refractivity contribution in [1.29, 1.82) is 0 Å². The number of guanidine groups is 1. The summed E-state index contributed by atoms with van der Waals surface area (Å²) in [7, 11) is 1.82. The molecule has 1 aromatic carbocycles. The van der Waals surface area contributed by atoms with E-state index in [2.05, 4.69) is 72.5 Å². The molecule has 5 nitrogen and oxygen atoms in total. The molecule has 2 atom stereocenters. The van der Waals surface area contributed by atoms with Crippen LogP contribution in [-0.2, 0) is 17.8 Å². The molecule has 0 bridgehead atoms. The average Bonchev–Trinajstić information content (AvgIpc) is 2.58. The van der Waals surface area contributed by atoms with Gasteiger partial charge in [-0.05, 0) is 37.3 Å². The number of nitrogens with zero attached hydrogens (tertiary/aromatic N) is 2. The van der Waals surface area contributed by atoms with Gasteiger partial charge in [-0.1, -0.05) is 38.1 Å². The van der Waals surface area contributed by atoms with Crippen LogP contribution >= 0.6 is 0 Å². The number of ether oxygens (including phenoxy) is 1. The fraction of sp³-hybridized carbons (Fsp3) is 0.667. The lowest BCUT2D eigenvalue weighted by Crippen LogP contribution is -2.44. The van der Waals surface area contributed by atoms with E-state index in [0.29, 0.717) is 18.1 Å². The summed E-state index contributed by atoms with van der Waals surface area (Å²) in [5, 5.41) is 6.75. The van der Waals surface area contributed by atoms with Gasteiger partial charge in [-0.15, -0.1) is 0 Å². The average molecular weight is 361 g/mol. The van der Waals surface area contributed by atoms with E-state index in [1.54, 1.807) is 0 Å². The lowest BCUT2D eigenvalue weighted by atomic mass is 10.1. The number of rotatable bonds is 7. The molecule has 0 aromatic heterocycles. The third-order valence-electron chi connectivity index (χ3n) is 4.62. The van der Waals surface area contributed by atoms with Gasteiger partial charge in [-0.25, -0.2) is 0 Å². The standard InChI is InChI=1S/C21H36N4O/c1-16(2)10-11-23-21(22-5)24-12-19-6-8-20(9-7-19)15-25-13-17(3)26-18(4)14-25/h6-9,16-18H,10-15H2,1-5H3,(H2,22,23,24). The minimum atomic E-state index is 0.317. The van der Waals surface area contributed by atoms with Crippen molar-refractivity contribution in [2.24, 2.45) is 10.9 Å². The zero-order valence-corrected chi connectivity index (χ0v) is 17.1. The van der Waals surface area contributed by atoms with Crippen molar-refractivity contribution in [1.82, 2.24) is 15.5 Å². The molecular weight excluding hydrogens is 324 g/mol. The first-order chi connectivity index (χ1) is 12.5. The van der Waals surface area contributed by atoms with Crippen molar-refractivity contribution in [3.8, 4) is 0 Å². The Hall–Kier alpha value is -1.59. The van der Waals surface area contributed by atoms with Crippen LogP contribution in [0.15, 0.2) is 29.3 Å². The molecule has 26 heavy (non-hydrogen) atoms.